The van der Waals surface area contributed by atoms with E-state index in [9.17, 15) is 4.79 Å². The van der Waals surface area contributed by atoms with Crippen LogP contribution in [0, 0.1) is 23.2 Å². The number of hydrogen-bond acceptors (Lipinski definition) is 4. The molecule has 5 nitrogen and oxygen atoms in total. The van der Waals surface area contributed by atoms with E-state index in [-0.39, 0.29) is 41.0 Å². The summed E-state index contributed by atoms with van der Waals surface area (Å²) in [5, 5.41) is 4.84. The molecule has 0 amide bonds. The summed E-state index contributed by atoms with van der Waals surface area (Å²) >= 11 is 0. The van der Waals surface area contributed by atoms with Crippen molar-refractivity contribution in [3.05, 3.63) is 36.0 Å². The number of carbonyl (C=O) groups excluding carboxylic acids is 1. The molecule has 2 aliphatic heterocycles. The molecule has 7 atom stereocenters. The smallest absolute Gasteiger partial charge is 0.311 e. The van der Waals surface area contributed by atoms with Crippen molar-refractivity contribution in [2.75, 3.05) is 13.1 Å². The number of H-pyrrole nitrogens is 1. The lowest BCUT2D eigenvalue weighted by Gasteiger charge is -2.48. The molecule has 1 spiro atoms. The molecule has 2 aromatic rings. The van der Waals surface area contributed by atoms with Crippen LogP contribution in [-0.4, -0.2) is 41.9 Å². The minimum atomic E-state index is -0.0824. The molecule has 0 bridgehead atoms. The van der Waals surface area contributed by atoms with Crippen LogP contribution >= 0.6 is 0 Å². The van der Waals surface area contributed by atoms with Gasteiger partial charge in [0.2, 0.25) is 0 Å². The maximum Gasteiger partial charge on any atom is 0.311 e. The van der Waals surface area contributed by atoms with Crippen LogP contribution in [0.5, 0.6) is 0 Å². The van der Waals surface area contributed by atoms with E-state index in [0.29, 0.717) is 12.5 Å². The van der Waals surface area contributed by atoms with Crippen molar-refractivity contribution < 1.29 is 14.3 Å². The number of rotatable bonds is 5. The first kappa shape index (κ1) is 18.9. The predicted molar refractivity (Wildman–Crippen MR) is 115 cm³/mol. The zero-order chi connectivity index (χ0) is 20.5. The highest BCUT2D eigenvalue weighted by atomic mass is 16.6. The van der Waals surface area contributed by atoms with Gasteiger partial charge in [-0.05, 0) is 49.8 Å². The summed E-state index contributed by atoms with van der Waals surface area (Å²) in [6, 6.07) is 8.40. The van der Waals surface area contributed by atoms with E-state index in [1.54, 1.807) is 0 Å². The molecular weight excluding hydrogens is 376 g/mol. The Balaban J connectivity index is 1.13. The van der Waals surface area contributed by atoms with Gasteiger partial charge in [-0.3, -0.25) is 4.79 Å². The van der Waals surface area contributed by atoms with Crippen LogP contribution in [0.3, 0.4) is 0 Å². The van der Waals surface area contributed by atoms with Gasteiger partial charge in [-0.25, -0.2) is 0 Å². The fraction of sp³-hybridized carbons (Fsp3) is 0.640. The molecule has 160 valence electrons. The second-order valence-electron chi connectivity index (χ2n) is 10.4. The number of ether oxygens (including phenoxy) is 2. The Morgan fingerprint density at radius 1 is 1.30 bits per heavy atom. The van der Waals surface area contributed by atoms with Gasteiger partial charge in [0.1, 0.15) is 11.7 Å². The Morgan fingerprint density at radius 2 is 2.17 bits per heavy atom. The number of nitrogens with one attached hydrogen (secondary N) is 2. The van der Waals surface area contributed by atoms with Crippen LogP contribution in [0.25, 0.3) is 10.9 Å². The zero-order valence-corrected chi connectivity index (χ0v) is 17.9. The quantitative estimate of drug-likeness (QED) is 0.448. The standard InChI is InChI=1S/C25H32N2O3/c1-15-6-5-10-24(2)12-20-21(22-25(15,24)30-22)18(23(28)29-20)14-26-11-9-16-13-27-19-8-4-3-7-17(16)19/h3-4,7-8,13,15,18,20-22,26-27H,5-6,9-12,14H2,1-2H3/t15-,18?,20+,21+,22?,24+,25?/m0/s1. The topological polar surface area (TPSA) is 66.6 Å². The minimum Gasteiger partial charge on any atom is -0.462 e. The average Bonchev–Trinajstić information content (AvgIpc) is 3.25. The van der Waals surface area contributed by atoms with Gasteiger partial charge in [0, 0.05) is 35.0 Å². The molecule has 3 unspecified atom stereocenters. The van der Waals surface area contributed by atoms with E-state index < -0.39 is 0 Å². The Bertz CT molecular complexity index is 986. The normalized spacial score (nSPS) is 41.8. The van der Waals surface area contributed by atoms with E-state index in [0.717, 1.165) is 19.4 Å². The number of hydrogen-bond donors (Lipinski definition) is 2. The van der Waals surface area contributed by atoms with Gasteiger partial charge in [0.05, 0.1) is 12.0 Å². The molecule has 1 aromatic carbocycles. The van der Waals surface area contributed by atoms with Crippen molar-refractivity contribution >= 4 is 16.9 Å². The number of aromatic amines is 1. The van der Waals surface area contributed by atoms with Crippen LogP contribution in [0.15, 0.2) is 30.5 Å². The second kappa shape index (κ2) is 6.57. The van der Waals surface area contributed by atoms with E-state index in [4.69, 9.17) is 9.47 Å². The van der Waals surface area contributed by atoms with Gasteiger partial charge in [0.15, 0.2) is 0 Å². The second-order valence-corrected chi connectivity index (χ2v) is 10.4. The first-order chi connectivity index (χ1) is 14.5. The molecule has 1 aromatic heterocycles. The maximum atomic E-state index is 12.8. The lowest BCUT2D eigenvalue weighted by atomic mass is 9.53. The van der Waals surface area contributed by atoms with E-state index >= 15 is 0 Å². The highest BCUT2D eigenvalue weighted by molar-refractivity contribution is 5.83. The van der Waals surface area contributed by atoms with Crippen LogP contribution in [0.4, 0.5) is 0 Å². The third kappa shape index (κ3) is 2.51. The van der Waals surface area contributed by atoms with E-state index in [1.165, 1.54) is 35.7 Å². The first-order valence-corrected chi connectivity index (χ1v) is 11.7. The molecule has 2 saturated heterocycles. The number of fused-ring (bicyclic) bond motifs is 3. The van der Waals surface area contributed by atoms with Crippen molar-refractivity contribution in [1.29, 1.82) is 0 Å². The highest BCUT2D eigenvalue weighted by Crippen LogP contribution is 2.70. The zero-order valence-electron chi connectivity index (χ0n) is 17.9. The average molecular weight is 409 g/mol. The molecule has 2 N–H and O–H groups in total. The monoisotopic (exact) mass is 408 g/mol. The molecule has 6 rings (SSSR count). The lowest BCUT2D eigenvalue weighted by molar-refractivity contribution is -0.146. The van der Waals surface area contributed by atoms with Crippen LogP contribution in [0.1, 0.15) is 45.1 Å². The summed E-state index contributed by atoms with van der Waals surface area (Å²) in [4.78, 5) is 16.1. The van der Waals surface area contributed by atoms with Gasteiger partial charge in [0.25, 0.3) is 0 Å². The fourth-order valence-corrected chi connectivity index (χ4v) is 7.29. The molecular formula is C25H32N2O3. The lowest BCUT2D eigenvalue weighted by Crippen LogP contribution is -2.54. The SMILES string of the molecule is C[C@H]1CCC[C@]2(C)C[C@H]3OC(=O)C(CNCCc4c[nH]c5ccccc45)[C@H]3C3OC312. The number of benzene rings is 1. The first-order valence-electron chi connectivity index (χ1n) is 11.7. The number of esters is 1. The van der Waals surface area contributed by atoms with Crippen molar-refractivity contribution in [2.45, 2.75) is 63.8 Å². The molecule has 4 fully saturated rings. The molecule has 2 saturated carbocycles. The van der Waals surface area contributed by atoms with Gasteiger partial charge in [-0.15, -0.1) is 0 Å². The van der Waals surface area contributed by atoms with Crippen LogP contribution in [-0.2, 0) is 20.7 Å². The predicted octanol–water partition coefficient (Wildman–Crippen LogP) is 3.83. The minimum absolute atomic E-state index is 0.0112. The Morgan fingerprint density at radius 3 is 3.07 bits per heavy atom. The van der Waals surface area contributed by atoms with Gasteiger partial charge >= 0.3 is 5.97 Å². The third-order valence-corrected chi connectivity index (χ3v) is 8.80. The van der Waals surface area contributed by atoms with Crippen molar-refractivity contribution in [1.82, 2.24) is 10.3 Å². The largest absolute Gasteiger partial charge is 0.462 e. The molecule has 4 aliphatic rings. The highest BCUT2D eigenvalue weighted by Gasteiger charge is 2.78. The van der Waals surface area contributed by atoms with E-state index in [1.807, 2.05) is 0 Å². The number of epoxide rings is 1. The Labute approximate surface area is 177 Å². The number of carbonyl (C=O) groups is 1. The number of aromatic nitrogens is 1. The molecule has 5 heteroatoms. The van der Waals surface area contributed by atoms with Crippen LogP contribution in [0.2, 0.25) is 0 Å². The van der Waals surface area contributed by atoms with Gasteiger partial charge in [-0.1, -0.05) is 38.5 Å². The maximum absolute atomic E-state index is 12.8. The third-order valence-electron chi connectivity index (χ3n) is 8.80. The molecule has 2 aliphatic carbocycles. The van der Waals surface area contributed by atoms with Gasteiger partial charge in [-0.2, -0.15) is 0 Å². The Hall–Kier alpha value is -1.85. The summed E-state index contributed by atoms with van der Waals surface area (Å²) < 4.78 is 12.4. The van der Waals surface area contributed by atoms with Crippen molar-refractivity contribution in [3.63, 3.8) is 0 Å². The summed E-state index contributed by atoms with van der Waals surface area (Å²) in [5.41, 5.74) is 2.65. The van der Waals surface area contributed by atoms with Crippen molar-refractivity contribution in [3.8, 4) is 0 Å². The van der Waals surface area contributed by atoms with Gasteiger partial charge < -0.3 is 19.8 Å². The molecule has 0 radical (unpaired) electrons. The summed E-state index contributed by atoms with van der Waals surface area (Å²) in [6.45, 7) is 6.26. The van der Waals surface area contributed by atoms with E-state index in [2.05, 4.69) is 54.6 Å². The number of para-hydroxylation sites is 1. The summed E-state index contributed by atoms with van der Waals surface area (Å²) in [6.07, 6.45) is 7.94. The molecule has 3 heterocycles. The molecule has 30 heavy (non-hydrogen) atoms. The van der Waals surface area contributed by atoms with Crippen molar-refractivity contribution in [2.24, 2.45) is 23.2 Å². The Kier molecular flexibility index (Phi) is 4.14. The van der Waals surface area contributed by atoms with Crippen LogP contribution < -0.4 is 5.32 Å². The summed E-state index contributed by atoms with van der Waals surface area (Å²) in [7, 11) is 0. The summed E-state index contributed by atoms with van der Waals surface area (Å²) in [5.74, 6) is 0.686. The fourth-order valence-electron chi connectivity index (χ4n) is 7.29.